The van der Waals surface area contributed by atoms with Crippen LogP contribution in [0.5, 0.6) is 0 Å². The molecule has 2 N–H and O–H groups in total. The summed E-state index contributed by atoms with van der Waals surface area (Å²) in [4.78, 5) is 0. The van der Waals surface area contributed by atoms with E-state index in [1.807, 2.05) is 0 Å². The van der Waals surface area contributed by atoms with E-state index in [2.05, 4.69) is 19.2 Å². The zero-order valence-electron chi connectivity index (χ0n) is 11.5. The zero-order valence-corrected chi connectivity index (χ0v) is 13.2. The fourth-order valence-electron chi connectivity index (χ4n) is 1.79. The maximum atomic E-state index is 10.5. The van der Waals surface area contributed by atoms with Gasteiger partial charge in [-0.3, -0.25) is 4.55 Å². The summed E-state index contributed by atoms with van der Waals surface area (Å²) in [6, 6.07) is 0.415. The zero-order chi connectivity index (χ0) is 13.9. The highest BCUT2D eigenvalue weighted by Gasteiger charge is 2.05. The van der Waals surface area contributed by atoms with Crippen LogP contribution in [0.15, 0.2) is 0 Å². The van der Waals surface area contributed by atoms with Crippen LogP contribution < -0.4 is 5.32 Å². The second-order valence-electron chi connectivity index (χ2n) is 4.66. The molecule has 110 valence electrons. The molecule has 0 rings (SSSR count). The van der Waals surface area contributed by atoms with Gasteiger partial charge in [-0.25, -0.2) is 0 Å². The van der Waals surface area contributed by atoms with Gasteiger partial charge in [-0.2, -0.15) is 8.42 Å². The summed E-state index contributed by atoms with van der Waals surface area (Å²) in [6.45, 7) is 4.95. The van der Waals surface area contributed by atoms with Gasteiger partial charge in [0.2, 0.25) is 0 Å². The smallest absolute Gasteiger partial charge is 0.313 e. The van der Waals surface area contributed by atoms with Gasteiger partial charge in [-0.05, 0) is 24.1 Å². The van der Waals surface area contributed by atoms with E-state index in [9.17, 15) is 8.42 Å². The first-order chi connectivity index (χ1) is 8.45. The molecule has 0 aliphatic carbocycles. The lowest BCUT2D eigenvalue weighted by Gasteiger charge is -2.12. The van der Waals surface area contributed by atoms with Crippen molar-refractivity contribution < 1.29 is 13.0 Å². The molecular formula is C12H27NO3S2. The molecule has 0 heterocycles. The third kappa shape index (κ3) is 14.3. The van der Waals surface area contributed by atoms with Gasteiger partial charge in [0, 0.05) is 18.3 Å². The van der Waals surface area contributed by atoms with E-state index < -0.39 is 9.15 Å². The highest BCUT2D eigenvalue weighted by atomic mass is 33.1. The normalized spacial score (nSPS) is 13.7. The van der Waals surface area contributed by atoms with E-state index in [-0.39, 0.29) is 0 Å². The van der Waals surface area contributed by atoms with Crippen molar-refractivity contribution in [1.29, 1.82) is 0 Å². The molecule has 1 unspecified atom stereocenters. The molecule has 0 aromatic rings. The minimum atomic E-state index is -3.88. The fraction of sp³-hybridized carbons (Fsp3) is 1.00. The summed E-state index contributed by atoms with van der Waals surface area (Å²) in [7, 11) is -3.30. The van der Waals surface area contributed by atoms with E-state index in [1.54, 1.807) is 0 Å². The Labute approximate surface area is 115 Å². The van der Waals surface area contributed by atoms with Crippen LogP contribution in [0.2, 0.25) is 0 Å². The summed E-state index contributed by atoms with van der Waals surface area (Å²) >= 11 is 0. The van der Waals surface area contributed by atoms with E-state index in [0.29, 0.717) is 29.1 Å². The summed E-state index contributed by atoms with van der Waals surface area (Å²) in [5, 5.41) is 3.26. The number of nitrogens with one attached hydrogen (secondary N) is 1. The summed E-state index contributed by atoms with van der Waals surface area (Å²) in [6.07, 6.45) is 8.91. The molecule has 0 spiro atoms. The number of unbranched alkanes of at least 4 members (excludes halogenated alkanes) is 5. The van der Waals surface area contributed by atoms with Crippen molar-refractivity contribution in [2.45, 2.75) is 64.8 Å². The first kappa shape index (κ1) is 18.2. The molecule has 0 amide bonds. The van der Waals surface area contributed by atoms with Gasteiger partial charge in [0.15, 0.2) is 0 Å². The van der Waals surface area contributed by atoms with Gasteiger partial charge in [-0.15, -0.1) is 0 Å². The molecule has 0 radical (unpaired) electrons. The van der Waals surface area contributed by atoms with Crippen molar-refractivity contribution in [3.63, 3.8) is 0 Å². The largest absolute Gasteiger partial charge is 0.319 e. The number of hydrogen-bond donors (Lipinski definition) is 2. The van der Waals surface area contributed by atoms with Crippen molar-refractivity contribution >= 4 is 19.9 Å². The Morgan fingerprint density at radius 3 is 2.39 bits per heavy atom. The third-order valence-corrected chi connectivity index (χ3v) is 4.88. The predicted octanol–water partition coefficient (Wildman–Crippen LogP) is 3.25. The summed E-state index contributed by atoms with van der Waals surface area (Å²) < 4.78 is 29.5. The average molecular weight is 297 g/mol. The van der Waals surface area contributed by atoms with Crippen molar-refractivity contribution in [1.82, 2.24) is 5.32 Å². The van der Waals surface area contributed by atoms with Crippen LogP contribution in [-0.2, 0) is 9.15 Å². The van der Waals surface area contributed by atoms with Crippen LogP contribution in [0.3, 0.4) is 0 Å². The van der Waals surface area contributed by atoms with Crippen LogP contribution >= 0.6 is 10.8 Å². The molecule has 0 aromatic heterocycles. The molecule has 4 nitrogen and oxygen atoms in total. The van der Waals surface area contributed by atoms with Gasteiger partial charge >= 0.3 is 9.15 Å². The second kappa shape index (κ2) is 11.1. The highest BCUT2D eigenvalue weighted by Crippen LogP contribution is 2.09. The number of hydrogen-bond acceptors (Lipinski definition) is 4. The van der Waals surface area contributed by atoms with Crippen molar-refractivity contribution in [3.05, 3.63) is 0 Å². The monoisotopic (exact) mass is 297 g/mol. The van der Waals surface area contributed by atoms with Crippen LogP contribution in [0.4, 0.5) is 0 Å². The molecule has 0 fully saturated rings. The Kier molecular flexibility index (Phi) is 11.2. The van der Waals surface area contributed by atoms with Gasteiger partial charge in [0.25, 0.3) is 0 Å². The Morgan fingerprint density at radius 1 is 1.17 bits per heavy atom. The first-order valence-electron chi connectivity index (χ1n) is 6.81. The standard InChI is InChI=1S/C12H27NO3S2/c1-3-4-5-6-7-8-9-12(2)13-10-11-17-18(14,15)16/h12-13H,3-11H2,1-2H3,(H,14,15,16). The van der Waals surface area contributed by atoms with E-state index >= 15 is 0 Å². The lowest BCUT2D eigenvalue weighted by Crippen LogP contribution is -2.28. The van der Waals surface area contributed by atoms with E-state index in [1.165, 1.54) is 38.5 Å². The summed E-state index contributed by atoms with van der Waals surface area (Å²) in [5.74, 6) is 0.389. The van der Waals surface area contributed by atoms with Gasteiger partial charge < -0.3 is 5.32 Å². The Balaban J connectivity index is 3.30. The maximum Gasteiger partial charge on any atom is 0.319 e. The molecule has 0 aliphatic heterocycles. The van der Waals surface area contributed by atoms with Gasteiger partial charge in [0.05, 0.1) is 0 Å². The molecule has 0 aromatic carbocycles. The topological polar surface area (TPSA) is 66.4 Å². The van der Waals surface area contributed by atoms with Crippen molar-refractivity contribution in [3.8, 4) is 0 Å². The average Bonchev–Trinajstić information content (AvgIpc) is 2.28. The van der Waals surface area contributed by atoms with Crippen molar-refractivity contribution in [2.24, 2.45) is 0 Å². The first-order valence-corrected chi connectivity index (χ1v) is 9.75. The van der Waals surface area contributed by atoms with Crippen molar-refractivity contribution in [2.75, 3.05) is 12.3 Å². The third-order valence-electron chi connectivity index (χ3n) is 2.82. The maximum absolute atomic E-state index is 10.5. The molecule has 0 saturated heterocycles. The molecule has 0 saturated carbocycles. The quantitative estimate of drug-likeness (QED) is 0.329. The fourth-order valence-corrected chi connectivity index (χ4v) is 3.08. The highest BCUT2D eigenvalue weighted by molar-refractivity contribution is 8.69. The minimum absolute atomic E-state index is 0.389. The van der Waals surface area contributed by atoms with Crippen LogP contribution in [0, 0.1) is 0 Å². The lowest BCUT2D eigenvalue weighted by atomic mass is 10.1. The van der Waals surface area contributed by atoms with E-state index in [4.69, 9.17) is 4.55 Å². The molecule has 6 heteroatoms. The SMILES string of the molecule is CCCCCCCCC(C)NCCSS(=O)(=O)O. The molecule has 0 bridgehead atoms. The Bertz CT molecular complexity index is 281. The lowest BCUT2D eigenvalue weighted by molar-refractivity contribution is 0.489. The molecule has 1 atom stereocenters. The van der Waals surface area contributed by atoms with Gasteiger partial charge in [0.1, 0.15) is 0 Å². The minimum Gasteiger partial charge on any atom is -0.313 e. The number of rotatable bonds is 12. The predicted molar refractivity (Wildman–Crippen MR) is 79.5 cm³/mol. The molecule has 18 heavy (non-hydrogen) atoms. The Hall–Kier alpha value is 0.220. The van der Waals surface area contributed by atoms with Crippen LogP contribution in [0.1, 0.15) is 58.8 Å². The summed E-state index contributed by atoms with van der Waals surface area (Å²) in [5.41, 5.74) is 0. The molecule has 0 aliphatic rings. The molecular weight excluding hydrogens is 270 g/mol. The van der Waals surface area contributed by atoms with Crippen LogP contribution in [-0.4, -0.2) is 31.3 Å². The Morgan fingerprint density at radius 2 is 1.78 bits per heavy atom. The second-order valence-corrected chi connectivity index (χ2v) is 8.13. The van der Waals surface area contributed by atoms with Gasteiger partial charge in [-0.1, -0.05) is 45.4 Å². The van der Waals surface area contributed by atoms with Crippen LogP contribution in [0.25, 0.3) is 0 Å². The van der Waals surface area contributed by atoms with E-state index in [0.717, 1.165) is 6.42 Å².